The van der Waals surface area contributed by atoms with Crippen LogP contribution in [0.5, 0.6) is 0 Å². The third kappa shape index (κ3) is 5.48. The molecule has 1 spiro atoms. The minimum atomic E-state index is -0.445. The van der Waals surface area contributed by atoms with Gasteiger partial charge in [0.25, 0.3) is 0 Å². The Balaban J connectivity index is 1.29. The fourth-order valence-electron chi connectivity index (χ4n) is 6.77. The molecule has 2 saturated carbocycles. The predicted molar refractivity (Wildman–Crippen MR) is 138 cm³/mol. The average molecular weight is 527 g/mol. The number of aryl methyl sites for hydroxylation is 1. The summed E-state index contributed by atoms with van der Waals surface area (Å²) in [5.41, 5.74) is 1.44. The molecule has 0 radical (unpaired) electrons. The summed E-state index contributed by atoms with van der Waals surface area (Å²) in [5, 5.41) is 9.59. The first-order valence-electron chi connectivity index (χ1n) is 13.4. The Morgan fingerprint density at radius 2 is 1.97 bits per heavy atom. The van der Waals surface area contributed by atoms with Crippen LogP contribution in [0.3, 0.4) is 0 Å². The zero-order valence-electron chi connectivity index (χ0n) is 21.1. The summed E-state index contributed by atoms with van der Waals surface area (Å²) in [4.78, 5) is 14.7. The minimum absolute atomic E-state index is 0.133. The molecule has 196 valence electrons. The van der Waals surface area contributed by atoms with Crippen LogP contribution < -0.4 is 0 Å². The number of carbonyl (C=O) groups excluding carboxylic acids is 1. The SMILES string of the molecule is N#Cc1ccc(CC[C@@]2(Cc3cc(F)ccc3F)C[C@]23CCN(C(=O)OCC2CCCCC2)C3)cc1Cl. The van der Waals surface area contributed by atoms with Crippen molar-refractivity contribution >= 4 is 17.7 Å². The molecule has 1 aliphatic heterocycles. The predicted octanol–water partition coefficient (Wildman–Crippen LogP) is 7.46. The summed E-state index contributed by atoms with van der Waals surface area (Å²) in [6.45, 7) is 1.70. The van der Waals surface area contributed by atoms with Crippen molar-refractivity contribution in [1.82, 2.24) is 4.90 Å². The van der Waals surface area contributed by atoms with Gasteiger partial charge in [0.2, 0.25) is 0 Å². The maximum atomic E-state index is 14.7. The van der Waals surface area contributed by atoms with Crippen LogP contribution in [-0.2, 0) is 17.6 Å². The molecule has 1 amide bonds. The normalized spacial score (nSPS) is 25.3. The second kappa shape index (κ2) is 10.6. The van der Waals surface area contributed by atoms with Crippen molar-refractivity contribution in [2.75, 3.05) is 19.7 Å². The van der Waals surface area contributed by atoms with E-state index in [1.54, 1.807) is 6.07 Å². The molecular weight excluding hydrogens is 494 g/mol. The Hall–Kier alpha value is -2.65. The lowest BCUT2D eigenvalue weighted by Crippen LogP contribution is -2.32. The highest BCUT2D eigenvalue weighted by Gasteiger charge is 2.68. The molecule has 2 aromatic rings. The second-order valence-electron chi connectivity index (χ2n) is 11.3. The van der Waals surface area contributed by atoms with E-state index in [-0.39, 0.29) is 16.9 Å². The van der Waals surface area contributed by atoms with Gasteiger partial charge in [0, 0.05) is 13.1 Å². The molecule has 0 aromatic heterocycles. The van der Waals surface area contributed by atoms with Gasteiger partial charge in [-0.2, -0.15) is 5.26 Å². The fourth-order valence-corrected chi connectivity index (χ4v) is 7.01. The summed E-state index contributed by atoms with van der Waals surface area (Å²) in [5.74, 6) is -0.380. The average Bonchev–Trinajstić information content (AvgIpc) is 3.27. The number of hydrogen-bond acceptors (Lipinski definition) is 3. The highest BCUT2D eigenvalue weighted by atomic mass is 35.5. The van der Waals surface area contributed by atoms with Crippen LogP contribution in [0, 0.1) is 39.7 Å². The number of nitriles is 1. The highest BCUT2D eigenvalue weighted by Crippen LogP contribution is 2.71. The quantitative estimate of drug-likeness (QED) is 0.376. The van der Waals surface area contributed by atoms with Crippen molar-refractivity contribution in [3.05, 3.63) is 69.7 Å². The molecular formula is C30H33ClF2N2O2. The van der Waals surface area contributed by atoms with E-state index >= 15 is 0 Å². The molecule has 4 nitrogen and oxygen atoms in total. The fraction of sp³-hybridized carbons (Fsp3) is 0.533. The zero-order valence-corrected chi connectivity index (χ0v) is 21.8. The summed E-state index contributed by atoms with van der Waals surface area (Å²) in [6, 6.07) is 11.2. The topological polar surface area (TPSA) is 53.3 Å². The number of carbonyl (C=O) groups is 1. The Bertz CT molecular complexity index is 1210. The van der Waals surface area contributed by atoms with Crippen molar-refractivity contribution in [1.29, 1.82) is 5.26 Å². The first kappa shape index (κ1) is 26.0. The van der Waals surface area contributed by atoms with Gasteiger partial charge in [-0.15, -0.1) is 0 Å². The number of ether oxygens (including phenoxy) is 1. The van der Waals surface area contributed by atoms with Gasteiger partial charge in [-0.3, -0.25) is 0 Å². The minimum Gasteiger partial charge on any atom is -0.449 e. The molecule has 0 bridgehead atoms. The highest BCUT2D eigenvalue weighted by molar-refractivity contribution is 6.31. The Labute approximate surface area is 222 Å². The lowest BCUT2D eigenvalue weighted by Gasteiger charge is -2.25. The number of rotatable bonds is 7. The van der Waals surface area contributed by atoms with E-state index in [4.69, 9.17) is 21.6 Å². The van der Waals surface area contributed by atoms with E-state index in [9.17, 15) is 13.6 Å². The maximum Gasteiger partial charge on any atom is 0.409 e. The van der Waals surface area contributed by atoms with Crippen LogP contribution in [0.25, 0.3) is 0 Å². The molecule has 2 aliphatic carbocycles. The summed E-state index contributed by atoms with van der Waals surface area (Å²) >= 11 is 6.25. The van der Waals surface area contributed by atoms with E-state index < -0.39 is 11.6 Å². The van der Waals surface area contributed by atoms with Gasteiger partial charge in [-0.05, 0) is 103 Å². The standard InChI is InChI=1S/C30H33ClF2N2O2/c31-26-14-21(6-7-23(26)17-34)10-11-29(16-24-15-25(32)8-9-27(24)33)19-30(29)12-13-35(20-30)28(36)37-18-22-4-2-1-3-5-22/h6-9,14-15,22H,1-5,10-13,16,18-20H2/t29-,30+/m1/s1. The van der Waals surface area contributed by atoms with Crippen molar-refractivity contribution in [2.45, 2.75) is 64.2 Å². The van der Waals surface area contributed by atoms with Crippen LogP contribution in [-0.4, -0.2) is 30.7 Å². The van der Waals surface area contributed by atoms with Crippen molar-refractivity contribution in [2.24, 2.45) is 16.7 Å². The van der Waals surface area contributed by atoms with Crippen LogP contribution >= 0.6 is 11.6 Å². The molecule has 1 heterocycles. The summed E-state index contributed by atoms with van der Waals surface area (Å²) < 4.78 is 34.4. The maximum absolute atomic E-state index is 14.7. The van der Waals surface area contributed by atoms with Gasteiger partial charge >= 0.3 is 6.09 Å². The Morgan fingerprint density at radius 3 is 2.73 bits per heavy atom. The number of benzene rings is 2. The third-order valence-electron chi connectivity index (χ3n) is 9.04. The summed E-state index contributed by atoms with van der Waals surface area (Å²) in [6.07, 6.45) is 9.25. The Kier molecular flexibility index (Phi) is 7.45. The number of nitrogens with zero attached hydrogens (tertiary/aromatic N) is 2. The van der Waals surface area contributed by atoms with Gasteiger partial charge in [0.15, 0.2) is 0 Å². The number of halogens is 3. The van der Waals surface area contributed by atoms with Crippen LogP contribution in [0.1, 0.15) is 68.1 Å². The molecule has 0 N–H and O–H groups in total. The second-order valence-corrected chi connectivity index (χ2v) is 11.7. The van der Waals surface area contributed by atoms with E-state index in [1.807, 2.05) is 17.0 Å². The van der Waals surface area contributed by atoms with Gasteiger partial charge < -0.3 is 9.64 Å². The van der Waals surface area contributed by atoms with Crippen molar-refractivity contribution < 1.29 is 18.3 Å². The van der Waals surface area contributed by atoms with Gasteiger partial charge in [-0.25, -0.2) is 13.6 Å². The number of hydrogen-bond donors (Lipinski definition) is 0. The lowest BCUT2D eigenvalue weighted by molar-refractivity contribution is 0.0846. The van der Waals surface area contributed by atoms with E-state index in [0.717, 1.165) is 43.7 Å². The van der Waals surface area contributed by atoms with E-state index in [0.29, 0.717) is 54.6 Å². The van der Waals surface area contributed by atoms with Crippen molar-refractivity contribution in [3.63, 3.8) is 0 Å². The molecule has 5 rings (SSSR count). The first-order chi connectivity index (χ1) is 17.8. The van der Waals surface area contributed by atoms with E-state index in [2.05, 4.69) is 6.07 Å². The third-order valence-corrected chi connectivity index (χ3v) is 9.35. The summed E-state index contributed by atoms with van der Waals surface area (Å²) in [7, 11) is 0. The van der Waals surface area contributed by atoms with Gasteiger partial charge in [0.05, 0.1) is 17.2 Å². The van der Waals surface area contributed by atoms with Crippen LogP contribution in [0.15, 0.2) is 36.4 Å². The molecule has 7 heteroatoms. The molecule has 3 fully saturated rings. The zero-order chi connectivity index (χ0) is 26.0. The monoisotopic (exact) mass is 526 g/mol. The van der Waals surface area contributed by atoms with Gasteiger partial charge in [0.1, 0.15) is 17.7 Å². The molecule has 37 heavy (non-hydrogen) atoms. The molecule has 2 atom stereocenters. The lowest BCUT2D eigenvalue weighted by atomic mass is 9.81. The smallest absolute Gasteiger partial charge is 0.409 e. The Morgan fingerprint density at radius 1 is 1.16 bits per heavy atom. The largest absolute Gasteiger partial charge is 0.449 e. The number of likely N-dealkylation sites (tertiary alicyclic amines) is 1. The van der Waals surface area contributed by atoms with Crippen molar-refractivity contribution in [3.8, 4) is 6.07 Å². The van der Waals surface area contributed by atoms with Crippen LogP contribution in [0.4, 0.5) is 13.6 Å². The molecule has 1 saturated heterocycles. The first-order valence-corrected chi connectivity index (χ1v) is 13.8. The van der Waals surface area contributed by atoms with E-state index in [1.165, 1.54) is 31.4 Å². The molecule has 2 aromatic carbocycles. The molecule has 3 aliphatic rings. The van der Waals surface area contributed by atoms with Gasteiger partial charge in [-0.1, -0.05) is 36.9 Å². The van der Waals surface area contributed by atoms with Crippen LogP contribution in [0.2, 0.25) is 5.02 Å². The number of amides is 1. The molecule has 0 unspecified atom stereocenters.